The van der Waals surface area contributed by atoms with Crippen LogP contribution in [0.5, 0.6) is 0 Å². The number of hydrogen-bond donors (Lipinski definition) is 2. The first kappa shape index (κ1) is 11.6. The number of likely N-dealkylation sites (N-methyl/N-ethyl adjacent to an activating group) is 1. The third-order valence-electron chi connectivity index (χ3n) is 1.44. The van der Waals surface area contributed by atoms with E-state index in [-0.39, 0.29) is 18.9 Å². The number of primary amides is 1. The first-order valence-corrected chi connectivity index (χ1v) is 3.88. The second-order valence-corrected chi connectivity index (χ2v) is 2.56. The highest BCUT2D eigenvalue weighted by Gasteiger charge is 2.05. The lowest BCUT2D eigenvalue weighted by Gasteiger charge is -2.13. The largest absolute Gasteiger partial charge is 0.392 e. The Labute approximate surface area is 76.8 Å². The molecule has 0 heterocycles. The molecule has 74 valence electrons. The van der Waals surface area contributed by atoms with E-state index < -0.39 is 5.91 Å². The first-order chi connectivity index (χ1) is 6.07. The average molecular weight is 186 g/mol. The molecule has 3 N–H and O–H groups in total. The van der Waals surface area contributed by atoms with E-state index in [1.807, 2.05) is 0 Å². The van der Waals surface area contributed by atoms with Gasteiger partial charge in [-0.05, 0) is 0 Å². The molecule has 0 aromatic heterocycles. The molecule has 0 aliphatic heterocycles. The summed E-state index contributed by atoms with van der Waals surface area (Å²) in [6.45, 7) is 0.124. The minimum Gasteiger partial charge on any atom is -0.392 e. The van der Waals surface area contributed by atoms with Crippen molar-refractivity contribution < 1.29 is 14.7 Å². The summed E-state index contributed by atoms with van der Waals surface area (Å²) in [7, 11) is 1.56. The van der Waals surface area contributed by atoms with E-state index in [1.54, 1.807) is 7.05 Å². The summed E-state index contributed by atoms with van der Waals surface area (Å²) in [5, 5.41) is 8.38. The molecule has 0 aliphatic carbocycles. The van der Waals surface area contributed by atoms with Gasteiger partial charge in [0, 0.05) is 26.1 Å². The van der Waals surface area contributed by atoms with Crippen molar-refractivity contribution in [2.75, 3.05) is 20.2 Å². The normalized spacial score (nSPS) is 10.3. The zero-order valence-electron chi connectivity index (χ0n) is 7.56. The number of rotatable bonds is 5. The second-order valence-electron chi connectivity index (χ2n) is 2.56. The standard InChI is InChI=1S/C8H14N2O3/c1-10(5-4-7(9)12)8(13)3-2-6-11/h2-3,11H,4-6H2,1H3,(H2,9,12)/b3-2-. The summed E-state index contributed by atoms with van der Waals surface area (Å²) < 4.78 is 0. The fourth-order valence-corrected chi connectivity index (χ4v) is 0.669. The summed E-state index contributed by atoms with van der Waals surface area (Å²) in [4.78, 5) is 22.8. The molecule has 0 aliphatic rings. The van der Waals surface area contributed by atoms with Crippen LogP contribution in [0.25, 0.3) is 0 Å². The van der Waals surface area contributed by atoms with Crippen LogP contribution in [0.15, 0.2) is 12.2 Å². The van der Waals surface area contributed by atoms with Gasteiger partial charge >= 0.3 is 0 Å². The lowest BCUT2D eigenvalue weighted by molar-refractivity contribution is -0.125. The van der Waals surface area contributed by atoms with E-state index in [0.29, 0.717) is 6.54 Å². The Morgan fingerprint density at radius 1 is 1.54 bits per heavy atom. The van der Waals surface area contributed by atoms with Crippen LogP contribution in [0.1, 0.15) is 6.42 Å². The van der Waals surface area contributed by atoms with Crippen LogP contribution >= 0.6 is 0 Å². The van der Waals surface area contributed by atoms with Crippen LogP contribution in [0.4, 0.5) is 0 Å². The number of carbonyl (C=O) groups excluding carboxylic acids is 2. The highest BCUT2D eigenvalue weighted by molar-refractivity contribution is 5.87. The number of nitrogens with zero attached hydrogens (tertiary/aromatic N) is 1. The Morgan fingerprint density at radius 2 is 2.15 bits per heavy atom. The van der Waals surface area contributed by atoms with Gasteiger partial charge in [0.1, 0.15) is 0 Å². The Morgan fingerprint density at radius 3 is 2.62 bits per heavy atom. The molecule has 5 heteroatoms. The Kier molecular flexibility index (Phi) is 5.54. The smallest absolute Gasteiger partial charge is 0.246 e. The first-order valence-electron chi connectivity index (χ1n) is 3.88. The molecule has 0 unspecified atom stereocenters. The van der Waals surface area contributed by atoms with Crippen molar-refractivity contribution in [2.24, 2.45) is 5.73 Å². The summed E-state index contributed by atoms with van der Waals surface area (Å²) in [5.41, 5.74) is 4.91. The van der Waals surface area contributed by atoms with Crippen molar-refractivity contribution in [1.82, 2.24) is 4.90 Å². The lowest BCUT2D eigenvalue weighted by atomic mass is 10.3. The molecule has 5 nitrogen and oxygen atoms in total. The predicted octanol–water partition coefficient (Wildman–Crippen LogP) is -1.13. The van der Waals surface area contributed by atoms with Gasteiger partial charge in [-0.25, -0.2) is 0 Å². The van der Waals surface area contributed by atoms with Gasteiger partial charge in [0.05, 0.1) is 6.61 Å². The Balaban J connectivity index is 3.82. The van der Waals surface area contributed by atoms with Gasteiger partial charge in [-0.15, -0.1) is 0 Å². The van der Waals surface area contributed by atoms with Gasteiger partial charge < -0.3 is 15.7 Å². The van der Waals surface area contributed by atoms with Gasteiger partial charge in [-0.2, -0.15) is 0 Å². The maximum Gasteiger partial charge on any atom is 0.246 e. The predicted molar refractivity (Wildman–Crippen MR) is 47.7 cm³/mol. The van der Waals surface area contributed by atoms with Crippen molar-refractivity contribution in [1.29, 1.82) is 0 Å². The maximum absolute atomic E-state index is 11.1. The highest BCUT2D eigenvalue weighted by atomic mass is 16.2. The van der Waals surface area contributed by atoms with Gasteiger partial charge in [-0.1, -0.05) is 6.08 Å². The molecule has 0 fully saturated rings. The Bertz CT molecular complexity index is 213. The third kappa shape index (κ3) is 5.86. The summed E-state index contributed by atoms with van der Waals surface area (Å²) in [6, 6.07) is 0. The van der Waals surface area contributed by atoms with Crippen molar-refractivity contribution in [3.05, 3.63) is 12.2 Å². The molecule has 0 rings (SSSR count). The number of amides is 2. The minimum atomic E-state index is -0.439. The molecule has 13 heavy (non-hydrogen) atoms. The maximum atomic E-state index is 11.1. The van der Waals surface area contributed by atoms with E-state index in [4.69, 9.17) is 10.8 Å². The molecule has 0 bridgehead atoms. The summed E-state index contributed by atoms with van der Waals surface area (Å²) >= 11 is 0. The highest BCUT2D eigenvalue weighted by Crippen LogP contribution is 1.89. The number of carbonyl (C=O) groups is 2. The molecule has 0 aromatic carbocycles. The van der Waals surface area contributed by atoms with E-state index in [2.05, 4.69) is 0 Å². The molecule has 0 atom stereocenters. The van der Waals surface area contributed by atoms with Crippen molar-refractivity contribution in [2.45, 2.75) is 6.42 Å². The molecule has 0 saturated carbocycles. The van der Waals surface area contributed by atoms with E-state index in [0.717, 1.165) is 0 Å². The molecule has 2 amide bonds. The van der Waals surface area contributed by atoms with Crippen LogP contribution in [0.3, 0.4) is 0 Å². The van der Waals surface area contributed by atoms with E-state index >= 15 is 0 Å². The topological polar surface area (TPSA) is 83.6 Å². The van der Waals surface area contributed by atoms with Gasteiger partial charge in [0.25, 0.3) is 0 Å². The van der Waals surface area contributed by atoms with Gasteiger partial charge in [0.2, 0.25) is 11.8 Å². The molecular weight excluding hydrogens is 172 g/mol. The van der Waals surface area contributed by atoms with Crippen LogP contribution in [0.2, 0.25) is 0 Å². The number of aliphatic hydroxyl groups excluding tert-OH is 1. The van der Waals surface area contributed by atoms with Crippen LogP contribution in [-0.2, 0) is 9.59 Å². The third-order valence-corrected chi connectivity index (χ3v) is 1.44. The van der Waals surface area contributed by atoms with Gasteiger partial charge in [0.15, 0.2) is 0 Å². The quantitative estimate of drug-likeness (QED) is 0.533. The van der Waals surface area contributed by atoms with Gasteiger partial charge in [-0.3, -0.25) is 9.59 Å². The summed E-state index contributed by atoms with van der Waals surface area (Å²) in [6.07, 6.45) is 2.74. The monoisotopic (exact) mass is 186 g/mol. The number of aliphatic hydroxyl groups is 1. The molecule has 0 saturated heterocycles. The fraction of sp³-hybridized carbons (Fsp3) is 0.500. The number of hydrogen-bond acceptors (Lipinski definition) is 3. The van der Waals surface area contributed by atoms with Crippen LogP contribution in [0, 0.1) is 0 Å². The zero-order valence-corrected chi connectivity index (χ0v) is 7.56. The van der Waals surface area contributed by atoms with E-state index in [9.17, 15) is 9.59 Å². The molecule has 0 spiro atoms. The lowest BCUT2D eigenvalue weighted by Crippen LogP contribution is -2.29. The number of nitrogens with two attached hydrogens (primary N) is 1. The van der Waals surface area contributed by atoms with Crippen LogP contribution in [-0.4, -0.2) is 42.0 Å². The minimum absolute atomic E-state index is 0.148. The zero-order chi connectivity index (χ0) is 10.3. The second kappa shape index (κ2) is 6.19. The molecular formula is C8H14N2O3. The SMILES string of the molecule is CN(CCC(N)=O)C(=O)/C=C\CO. The summed E-state index contributed by atoms with van der Waals surface area (Å²) in [5.74, 6) is -0.693. The fourth-order valence-electron chi connectivity index (χ4n) is 0.669. The molecule has 0 radical (unpaired) electrons. The van der Waals surface area contributed by atoms with Crippen molar-refractivity contribution in [3.8, 4) is 0 Å². The van der Waals surface area contributed by atoms with Crippen LogP contribution < -0.4 is 5.73 Å². The van der Waals surface area contributed by atoms with E-state index in [1.165, 1.54) is 17.1 Å². The van der Waals surface area contributed by atoms with Crippen molar-refractivity contribution in [3.63, 3.8) is 0 Å². The van der Waals surface area contributed by atoms with Crippen molar-refractivity contribution >= 4 is 11.8 Å². The molecule has 0 aromatic rings. The average Bonchev–Trinajstić information content (AvgIpc) is 2.10. The Hall–Kier alpha value is -1.36.